The molecular formula is C22H26N2. The molecule has 0 radical (unpaired) electrons. The largest absolute Gasteiger partial charge is 0.158 e. The molecule has 2 heteroatoms. The first-order chi connectivity index (χ1) is 11.8. The van der Waals surface area contributed by atoms with Gasteiger partial charge in [-0.05, 0) is 78.9 Å². The minimum atomic E-state index is 0.801. The van der Waals surface area contributed by atoms with Crippen LogP contribution in [0.3, 0.4) is 0 Å². The van der Waals surface area contributed by atoms with Crippen LogP contribution in [0.5, 0.6) is 0 Å². The van der Waals surface area contributed by atoms with Crippen LogP contribution < -0.4 is 0 Å². The molecule has 2 fully saturated rings. The van der Waals surface area contributed by atoms with Crippen molar-refractivity contribution in [1.82, 2.24) is 10.2 Å². The van der Waals surface area contributed by atoms with Gasteiger partial charge in [-0.1, -0.05) is 37.6 Å². The maximum absolute atomic E-state index is 4.55. The van der Waals surface area contributed by atoms with E-state index in [4.69, 9.17) is 0 Å². The number of benzene rings is 1. The van der Waals surface area contributed by atoms with Gasteiger partial charge in [0.2, 0.25) is 0 Å². The van der Waals surface area contributed by atoms with Crippen molar-refractivity contribution in [3.8, 4) is 11.3 Å². The fourth-order valence-corrected chi connectivity index (χ4v) is 5.05. The monoisotopic (exact) mass is 318 g/mol. The van der Waals surface area contributed by atoms with Gasteiger partial charge in [-0.15, -0.1) is 0 Å². The lowest BCUT2D eigenvalue weighted by atomic mass is 9.80. The molecule has 24 heavy (non-hydrogen) atoms. The average molecular weight is 318 g/mol. The first kappa shape index (κ1) is 14.6. The van der Waals surface area contributed by atoms with Crippen LogP contribution in [0, 0.1) is 17.8 Å². The molecule has 0 N–H and O–H groups in total. The molecule has 3 aliphatic carbocycles. The maximum Gasteiger partial charge on any atom is 0.0964 e. The molecule has 1 aromatic heterocycles. The van der Waals surface area contributed by atoms with Gasteiger partial charge in [-0.3, -0.25) is 0 Å². The van der Waals surface area contributed by atoms with E-state index in [9.17, 15) is 0 Å². The Morgan fingerprint density at radius 1 is 0.917 bits per heavy atom. The highest BCUT2D eigenvalue weighted by molar-refractivity contribution is 5.64. The summed E-state index contributed by atoms with van der Waals surface area (Å²) >= 11 is 0. The van der Waals surface area contributed by atoms with Crippen molar-refractivity contribution in [1.29, 1.82) is 0 Å². The van der Waals surface area contributed by atoms with Gasteiger partial charge in [-0.25, -0.2) is 0 Å². The van der Waals surface area contributed by atoms with Crippen molar-refractivity contribution < 1.29 is 0 Å². The molecule has 0 bridgehead atoms. The third-order valence-electron chi connectivity index (χ3n) is 7.04. The van der Waals surface area contributed by atoms with E-state index in [1.807, 2.05) is 6.20 Å². The van der Waals surface area contributed by atoms with Crippen molar-refractivity contribution in [3.05, 3.63) is 47.2 Å². The summed E-state index contributed by atoms with van der Waals surface area (Å²) in [5, 5.41) is 8.89. The Labute approximate surface area is 144 Å². The molecule has 2 nitrogen and oxygen atoms in total. The quantitative estimate of drug-likeness (QED) is 0.763. The minimum Gasteiger partial charge on any atom is -0.158 e. The second kappa shape index (κ2) is 5.68. The number of fused-ring (bicyclic) bond motifs is 2. The second-order valence-electron chi connectivity index (χ2n) is 8.21. The van der Waals surface area contributed by atoms with Crippen LogP contribution in [0.1, 0.15) is 61.6 Å². The van der Waals surface area contributed by atoms with E-state index in [1.54, 1.807) is 0 Å². The predicted octanol–water partition coefficient (Wildman–Crippen LogP) is 5.17. The molecule has 0 amide bonds. The Morgan fingerprint density at radius 2 is 1.67 bits per heavy atom. The molecular weight excluding hydrogens is 292 g/mol. The first-order valence-corrected chi connectivity index (χ1v) is 9.75. The Morgan fingerprint density at radius 3 is 2.38 bits per heavy atom. The van der Waals surface area contributed by atoms with Crippen molar-refractivity contribution in [2.45, 2.75) is 57.8 Å². The number of nitrogens with zero attached hydrogens (tertiary/aromatic N) is 2. The fourth-order valence-electron chi connectivity index (χ4n) is 5.05. The Bertz CT molecular complexity index is 745. The molecule has 0 aliphatic heterocycles. The van der Waals surface area contributed by atoms with Crippen LogP contribution in [-0.4, -0.2) is 10.2 Å². The van der Waals surface area contributed by atoms with E-state index in [2.05, 4.69) is 41.4 Å². The van der Waals surface area contributed by atoms with Gasteiger partial charge < -0.3 is 0 Å². The van der Waals surface area contributed by atoms with Crippen LogP contribution >= 0.6 is 0 Å². The smallest absolute Gasteiger partial charge is 0.0964 e. The van der Waals surface area contributed by atoms with Crippen molar-refractivity contribution in [3.63, 3.8) is 0 Å². The number of aromatic nitrogens is 2. The van der Waals surface area contributed by atoms with Crippen LogP contribution in [0.4, 0.5) is 0 Å². The van der Waals surface area contributed by atoms with Gasteiger partial charge in [0.1, 0.15) is 0 Å². The normalized spacial score (nSPS) is 29.0. The van der Waals surface area contributed by atoms with Gasteiger partial charge in [0.25, 0.3) is 0 Å². The lowest BCUT2D eigenvalue weighted by molar-refractivity contribution is 0.420. The van der Waals surface area contributed by atoms with E-state index in [-0.39, 0.29) is 0 Å². The molecule has 0 saturated heterocycles. The van der Waals surface area contributed by atoms with Crippen LogP contribution in [-0.2, 0) is 12.8 Å². The van der Waals surface area contributed by atoms with Gasteiger partial charge in [0, 0.05) is 5.56 Å². The van der Waals surface area contributed by atoms with E-state index in [0.29, 0.717) is 0 Å². The average Bonchev–Trinajstić information content (AvgIpc) is 3.15. The summed E-state index contributed by atoms with van der Waals surface area (Å²) in [5.41, 5.74) is 6.81. The van der Waals surface area contributed by atoms with Crippen molar-refractivity contribution in [2.24, 2.45) is 17.8 Å². The molecule has 1 heterocycles. The van der Waals surface area contributed by atoms with Gasteiger partial charge in [-0.2, -0.15) is 10.2 Å². The SMILES string of the molecule is C[C@@H]1C2CCc3cnnc(-c4ccc(C5CCC5)cc4)c3CC[C@H]21. The van der Waals surface area contributed by atoms with Crippen LogP contribution in [0.15, 0.2) is 30.5 Å². The molecule has 2 aromatic rings. The lowest BCUT2D eigenvalue weighted by Gasteiger charge is -2.25. The minimum absolute atomic E-state index is 0.801. The number of aryl methyl sites for hydroxylation is 1. The maximum atomic E-state index is 4.55. The third kappa shape index (κ3) is 2.39. The zero-order chi connectivity index (χ0) is 16.1. The second-order valence-corrected chi connectivity index (χ2v) is 8.21. The summed E-state index contributed by atoms with van der Waals surface area (Å²) in [6.45, 7) is 2.43. The Kier molecular flexibility index (Phi) is 3.46. The van der Waals surface area contributed by atoms with Crippen molar-refractivity contribution >= 4 is 0 Å². The Hall–Kier alpha value is -1.70. The zero-order valence-corrected chi connectivity index (χ0v) is 14.5. The first-order valence-electron chi connectivity index (χ1n) is 9.75. The molecule has 1 unspecified atom stereocenters. The number of rotatable bonds is 2. The van der Waals surface area contributed by atoms with Gasteiger partial charge in [0.05, 0.1) is 11.9 Å². The number of hydrogen-bond donors (Lipinski definition) is 0. The van der Waals surface area contributed by atoms with E-state index in [1.165, 1.54) is 67.2 Å². The van der Waals surface area contributed by atoms with E-state index < -0.39 is 0 Å². The van der Waals surface area contributed by atoms with Gasteiger partial charge >= 0.3 is 0 Å². The molecule has 3 atom stereocenters. The van der Waals surface area contributed by atoms with Crippen molar-refractivity contribution in [2.75, 3.05) is 0 Å². The highest BCUT2D eigenvalue weighted by Crippen LogP contribution is 2.52. The molecule has 2 saturated carbocycles. The molecule has 1 aromatic carbocycles. The highest BCUT2D eigenvalue weighted by Gasteiger charge is 2.46. The van der Waals surface area contributed by atoms with E-state index in [0.717, 1.165) is 29.4 Å². The molecule has 5 rings (SSSR count). The van der Waals surface area contributed by atoms with Crippen LogP contribution in [0.2, 0.25) is 0 Å². The Balaban J connectivity index is 1.47. The fraction of sp³-hybridized carbons (Fsp3) is 0.545. The topological polar surface area (TPSA) is 25.8 Å². The highest BCUT2D eigenvalue weighted by atomic mass is 15.1. The van der Waals surface area contributed by atoms with Crippen LogP contribution in [0.25, 0.3) is 11.3 Å². The lowest BCUT2D eigenvalue weighted by Crippen LogP contribution is -2.09. The van der Waals surface area contributed by atoms with Gasteiger partial charge in [0.15, 0.2) is 0 Å². The molecule has 3 aliphatic rings. The van der Waals surface area contributed by atoms with E-state index >= 15 is 0 Å². The summed E-state index contributed by atoms with van der Waals surface area (Å²) in [7, 11) is 0. The summed E-state index contributed by atoms with van der Waals surface area (Å²) in [6.07, 6.45) is 11.2. The zero-order valence-electron chi connectivity index (χ0n) is 14.5. The summed E-state index contributed by atoms with van der Waals surface area (Å²) < 4.78 is 0. The third-order valence-corrected chi connectivity index (χ3v) is 7.04. The number of hydrogen-bond acceptors (Lipinski definition) is 2. The standard InChI is InChI=1S/C22H26N2/c1-14-19-10-9-18-13-23-24-22(21(18)12-11-20(14)19)17-7-5-16(6-8-17)15-3-2-4-15/h5-8,13-15,19-20H,2-4,9-12H2,1H3/t14-,19?,20+/m1/s1. The molecule has 124 valence electrons. The summed E-state index contributed by atoms with van der Waals surface area (Å²) in [4.78, 5) is 0. The predicted molar refractivity (Wildman–Crippen MR) is 96.8 cm³/mol. The molecule has 0 spiro atoms. The summed E-state index contributed by atoms with van der Waals surface area (Å²) in [5.74, 6) is 3.66. The summed E-state index contributed by atoms with van der Waals surface area (Å²) in [6, 6.07) is 9.20.